The molecule has 1 atom stereocenters. The molecule has 0 aliphatic rings. The van der Waals surface area contributed by atoms with Crippen molar-refractivity contribution in [2.45, 2.75) is 25.6 Å². The molecule has 1 aromatic carbocycles. The van der Waals surface area contributed by atoms with Gasteiger partial charge in [-0.25, -0.2) is 18.0 Å². The number of hydrogen-bond donors (Lipinski definition) is 3. The van der Waals surface area contributed by atoms with E-state index in [1.807, 2.05) is 4.98 Å². The summed E-state index contributed by atoms with van der Waals surface area (Å²) in [6, 6.07) is 1.10. The molecule has 1 amide bonds. The SMILES string of the molecule is CCC(O)c1cc2c(=O)n(N(C(=O)OCCO)S(C)(=O)=O)c(=O)[nH]c2cc1C(F)(F)F. The number of benzene rings is 1. The average Bonchev–Trinajstić information content (AvgIpc) is 2.66. The molecule has 0 aliphatic carbocycles. The van der Waals surface area contributed by atoms with E-state index in [9.17, 15) is 41.1 Å². The number of aromatic nitrogens is 2. The molecule has 0 aliphatic heterocycles. The summed E-state index contributed by atoms with van der Waals surface area (Å²) in [5.74, 6) is 0. The molecular weight excluding hydrogens is 451 g/mol. The van der Waals surface area contributed by atoms with E-state index in [4.69, 9.17) is 5.11 Å². The number of aromatic amines is 1. The van der Waals surface area contributed by atoms with Crippen LogP contribution in [0.25, 0.3) is 10.9 Å². The van der Waals surface area contributed by atoms with E-state index in [0.29, 0.717) is 18.4 Å². The molecule has 0 spiro atoms. The summed E-state index contributed by atoms with van der Waals surface area (Å²) in [4.78, 5) is 39.3. The predicted molar refractivity (Wildman–Crippen MR) is 101 cm³/mol. The van der Waals surface area contributed by atoms with Gasteiger partial charge in [-0.1, -0.05) is 11.3 Å². The lowest BCUT2D eigenvalue weighted by Crippen LogP contribution is -2.56. The van der Waals surface area contributed by atoms with Crippen LogP contribution in [-0.4, -0.2) is 53.9 Å². The highest BCUT2D eigenvalue weighted by Gasteiger charge is 2.36. The van der Waals surface area contributed by atoms with E-state index in [2.05, 4.69) is 4.74 Å². The maximum absolute atomic E-state index is 13.4. The molecule has 172 valence electrons. The number of halogens is 3. The van der Waals surface area contributed by atoms with Gasteiger partial charge in [-0.05, 0) is 24.1 Å². The summed E-state index contributed by atoms with van der Waals surface area (Å²) < 4.78 is 68.3. The number of aliphatic hydroxyl groups is 2. The average molecular weight is 469 g/mol. The number of nitrogens with one attached hydrogen (secondary N) is 1. The largest absolute Gasteiger partial charge is 0.445 e. The first-order chi connectivity index (χ1) is 14.2. The second kappa shape index (κ2) is 8.68. The van der Waals surface area contributed by atoms with Gasteiger partial charge >= 0.3 is 18.0 Å². The van der Waals surface area contributed by atoms with Gasteiger partial charge in [0.05, 0.1) is 35.4 Å². The van der Waals surface area contributed by atoms with Crippen molar-refractivity contribution >= 4 is 27.0 Å². The molecule has 0 bridgehead atoms. The van der Waals surface area contributed by atoms with Gasteiger partial charge in [0.1, 0.15) is 6.61 Å². The van der Waals surface area contributed by atoms with E-state index < -0.39 is 74.9 Å². The van der Waals surface area contributed by atoms with Crippen molar-refractivity contribution in [3.8, 4) is 0 Å². The number of alkyl halides is 3. The van der Waals surface area contributed by atoms with Crippen LogP contribution in [0.4, 0.5) is 18.0 Å². The van der Waals surface area contributed by atoms with Gasteiger partial charge in [0.2, 0.25) is 0 Å². The van der Waals surface area contributed by atoms with Crippen LogP contribution in [0, 0.1) is 0 Å². The van der Waals surface area contributed by atoms with Crippen molar-refractivity contribution in [1.82, 2.24) is 9.66 Å². The van der Waals surface area contributed by atoms with E-state index in [1.165, 1.54) is 6.92 Å². The minimum atomic E-state index is -4.93. The van der Waals surface area contributed by atoms with E-state index in [-0.39, 0.29) is 15.5 Å². The molecule has 2 rings (SSSR count). The zero-order valence-electron chi connectivity index (χ0n) is 16.1. The fraction of sp³-hybridized carbons (Fsp3) is 0.438. The monoisotopic (exact) mass is 469 g/mol. The summed E-state index contributed by atoms with van der Waals surface area (Å²) >= 11 is 0. The molecular formula is C16H18F3N3O8S. The Labute approximate surface area is 172 Å². The van der Waals surface area contributed by atoms with E-state index in [1.54, 1.807) is 0 Å². The molecule has 3 N–H and O–H groups in total. The Morgan fingerprint density at radius 1 is 1.32 bits per heavy atom. The minimum absolute atomic E-state index is 0.144. The summed E-state index contributed by atoms with van der Waals surface area (Å²) in [5, 5.41) is 18.1. The molecule has 2 aromatic rings. The Balaban J connectivity index is 2.91. The number of amides is 1. The Hall–Kier alpha value is -2.91. The fourth-order valence-electron chi connectivity index (χ4n) is 2.73. The zero-order valence-corrected chi connectivity index (χ0v) is 17.0. The first kappa shape index (κ1) is 24.4. The standard InChI is InChI=1S/C16H18F3N3O8S/c1-3-12(24)8-6-9-11(7-10(8)16(17,18)19)20-14(26)21(13(9)25)22(31(2,28)29)15(27)30-5-4-23/h6-7,12,23-24H,3-5H2,1-2H3,(H,20,26). The van der Waals surface area contributed by atoms with Crippen molar-refractivity contribution in [2.75, 3.05) is 23.9 Å². The van der Waals surface area contributed by atoms with Crippen LogP contribution in [0.15, 0.2) is 21.7 Å². The van der Waals surface area contributed by atoms with Crippen molar-refractivity contribution < 1.29 is 41.3 Å². The van der Waals surface area contributed by atoms with Gasteiger partial charge < -0.3 is 19.9 Å². The van der Waals surface area contributed by atoms with Crippen LogP contribution in [0.1, 0.15) is 30.6 Å². The van der Waals surface area contributed by atoms with Crippen LogP contribution in [-0.2, 0) is 20.9 Å². The topological polar surface area (TPSA) is 159 Å². The summed E-state index contributed by atoms with van der Waals surface area (Å²) in [7, 11) is -4.63. The molecule has 11 nitrogen and oxygen atoms in total. The van der Waals surface area contributed by atoms with E-state index >= 15 is 0 Å². The summed E-state index contributed by atoms with van der Waals surface area (Å²) in [6.07, 6.45) is -7.93. The smallest absolute Gasteiger partial charge is 0.444 e. The third kappa shape index (κ3) is 4.88. The maximum Gasteiger partial charge on any atom is 0.444 e. The van der Waals surface area contributed by atoms with E-state index in [0.717, 1.165) is 0 Å². The Morgan fingerprint density at radius 2 is 1.94 bits per heavy atom. The summed E-state index contributed by atoms with van der Waals surface area (Å²) in [6.45, 7) is 0.0421. The van der Waals surface area contributed by atoms with Gasteiger partial charge in [-0.3, -0.25) is 4.79 Å². The van der Waals surface area contributed by atoms with Crippen LogP contribution >= 0.6 is 0 Å². The molecule has 0 saturated heterocycles. The van der Waals surface area contributed by atoms with Crippen molar-refractivity contribution in [3.63, 3.8) is 0 Å². The van der Waals surface area contributed by atoms with Crippen LogP contribution in [0.5, 0.6) is 0 Å². The Morgan fingerprint density at radius 3 is 2.42 bits per heavy atom. The van der Waals surface area contributed by atoms with Crippen molar-refractivity contribution in [3.05, 3.63) is 44.1 Å². The number of H-pyrrole nitrogens is 1. The number of hydrogen-bond acceptors (Lipinski definition) is 8. The molecule has 31 heavy (non-hydrogen) atoms. The Bertz CT molecular complexity index is 1220. The number of fused-ring (bicyclic) bond motifs is 1. The second-order valence-corrected chi connectivity index (χ2v) is 8.11. The quantitative estimate of drug-likeness (QED) is 0.540. The minimum Gasteiger partial charge on any atom is -0.445 e. The van der Waals surface area contributed by atoms with Crippen molar-refractivity contribution in [1.29, 1.82) is 0 Å². The van der Waals surface area contributed by atoms with Gasteiger partial charge in [0.25, 0.3) is 15.6 Å². The lowest BCUT2D eigenvalue weighted by atomic mass is 9.98. The highest BCUT2D eigenvalue weighted by Crippen LogP contribution is 2.37. The lowest BCUT2D eigenvalue weighted by molar-refractivity contribution is -0.139. The van der Waals surface area contributed by atoms with Gasteiger partial charge in [-0.15, -0.1) is 4.68 Å². The lowest BCUT2D eigenvalue weighted by Gasteiger charge is -2.21. The number of sulfonamides is 1. The number of rotatable bonds is 6. The summed E-state index contributed by atoms with van der Waals surface area (Å²) in [5.41, 5.74) is -5.57. The molecule has 1 aromatic heterocycles. The highest BCUT2D eigenvalue weighted by atomic mass is 32.2. The van der Waals surface area contributed by atoms with Gasteiger partial charge in [-0.2, -0.15) is 13.2 Å². The predicted octanol–water partition coefficient (Wildman–Crippen LogP) is 0.178. The van der Waals surface area contributed by atoms with Gasteiger partial charge in [0, 0.05) is 0 Å². The van der Waals surface area contributed by atoms with Crippen LogP contribution < -0.4 is 15.7 Å². The third-order valence-corrected chi connectivity index (χ3v) is 5.01. The number of nitrogens with zero attached hydrogens (tertiary/aromatic N) is 2. The maximum atomic E-state index is 13.4. The highest BCUT2D eigenvalue weighted by molar-refractivity contribution is 7.92. The molecule has 0 radical (unpaired) electrons. The van der Waals surface area contributed by atoms with Gasteiger partial charge in [0.15, 0.2) is 0 Å². The molecule has 0 fully saturated rings. The zero-order chi connectivity index (χ0) is 23.7. The normalized spacial score (nSPS) is 13.3. The number of aliphatic hydroxyl groups excluding tert-OH is 2. The molecule has 1 unspecified atom stereocenters. The number of carbonyl (C=O) groups excluding carboxylic acids is 1. The molecule has 15 heteroatoms. The fourth-order valence-corrected chi connectivity index (χ4v) is 3.50. The number of ether oxygens (including phenoxy) is 1. The van der Waals surface area contributed by atoms with Crippen LogP contribution in [0.2, 0.25) is 0 Å². The van der Waals surface area contributed by atoms with Crippen molar-refractivity contribution in [2.24, 2.45) is 0 Å². The molecule has 1 heterocycles. The first-order valence-electron chi connectivity index (χ1n) is 8.60. The Kier molecular flexibility index (Phi) is 6.82. The van der Waals surface area contributed by atoms with Crippen LogP contribution in [0.3, 0.4) is 0 Å². The second-order valence-electron chi connectivity index (χ2n) is 6.30. The number of carbonyl (C=O) groups is 1. The molecule has 0 saturated carbocycles. The first-order valence-corrected chi connectivity index (χ1v) is 10.4. The third-order valence-electron chi connectivity index (χ3n) is 4.07.